The topological polar surface area (TPSA) is 49.9 Å². The molecule has 0 saturated heterocycles. The maximum atomic E-state index is 9.74. The second-order valence-corrected chi connectivity index (χ2v) is 6.38. The molecule has 0 spiro atoms. The van der Waals surface area contributed by atoms with Crippen molar-refractivity contribution in [3.8, 4) is 5.75 Å². The molecule has 21 heavy (non-hydrogen) atoms. The van der Waals surface area contributed by atoms with Crippen molar-refractivity contribution in [3.05, 3.63) is 57.3 Å². The van der Waals surface area contributed by atoms with Crippen LogP contribution in [0.3, 0.4) is 0 Å². The monoisotopic (exact) mass is 361 g/mol. The predicted octanol–water partition coefficient (Wildman–Crippen LogP) is 3.64. The van der Waals surface area contributed by atoms with Crippen molar-refractivity contribution in [2.45, 2.75) is 0 Å². The Morgan fingerprint density at radius 2 is 2.05 bits per heavy atom. The predicted molar refractivity (Wildman–Crippen MR) is 89.8 cm³/mol. The largest absolute Gasteiger partial charge is 0.507 e. The first-order valence-electron chi connectivity index (χ1n) is 6.25. The van der Waals surface area contributed by atoms with Crippen LogP contribution in [0.2, 0.25) is 0 Å². The van der Waals surface area contributed by atoms with Crippen molar-refractivity contribution in [3.63, 3.8) is 0 Å². The van der Waals surface area contributed by atoms with Gasteiger partial charge >= 0.3 is 0 Å². The smallest absolute Gasteiger partial charge is 0.211 e. The Hall–Kier alpha value is -1.92. The van der Waals surface area contributed by atoms with Gasteiger partial charge < -0.3 is 9.67 Å². The molecule has 0 bridgehead atoms. The lowest BCUT2D eigenvalue weighted by Gasteiger charge is -1.97. The van der Waals surface area contributed by atoms with Crippen LogP contribution >= 0.6 is 27.3 Å². The van der Waals surface area contributed by atoms with Gasteiger partial charge in [-0.15, -0.1) is 5.10 Å². The number of aromatic hydroxyl groups is 1. The van der Waals surface area contributed by atoms with Gasteiger partial charge in [-0.05, 0) is 30.3 Å². The number of aryl methyl sites for hydroxylation is 1. The third-order valence-corrected chi connectivity index (χ3v) is 4.64. The highest BCUT2D eigenvalue weighted by Gasteiger charge is 2.01. The van der Waals surface area contributed by atoms with Gasteiger partial charge in [0, 0.05) is 17.1 Å². The summed E-state index contributed by atoms with van der Waals surface area (Å²) in [5.74, 6) is 0.179. The maximum Gasteiger partial charge on any atom is 0.211 e. The van der Waals surface area contributed by atoms with Crippen LogP contribution in [0.1, 0.15) is 5.56 Å². The molecule has 1 heterocycles. The molecule has 106 valence electrons. The van der Waals surface area contributed by atoms with Crippen LogP contribution in [0, 0.1) is 0 Å². The van der Waals surface area contributed by atoms with Crippen molar-refractivity contribution in [2.24, 2.45) is 17.3 Å². The summed E-state index contributed by atoms with van der Waals surface area (Å²) in [4.78, 5) is 0.807. The molecule has 0 atom stereocenters. The normalized spacial score (nSPS) is 12.6. The van der Waals surface area contributed by atoms with E-state index in [9.17, 15) is 5.11 Å². The van der Waals surface area contributed by atoms with Crippen LogP contribution in [0.15, 0.2) is 57.1 Å². The molecule has 1 aromatic heterocycles. The number of benzene rings is 2. The molecule has 0 fully saturated rings. The summed E-state index contributed by atoms with van der Waals surface area (Å²) < 4.78 is 4.05. The van der Waals surface area contributed by atoms with Crippen LogP contribution in [-0.4, -0.2) is 15.9 Å². The molecule has 3 aromatic rings. The number of nitrogens with zero attached hydrogens (tertiary/aromatic N) is 3. The molecule has 0 amide bonds. The van der Waals surface area contributed by atoms with E-state index in [0.717, 1.165) is 14.8 Å². The molecular weight excluding hydrogens is 350 g/mol. The van der Waals surface area contributed by atoms with E-state index in [1.54, 1.807) is 35.8 Å². The molecule has 1 N–H and O–H groups in total. The number of hydrogen-bond donors (Lipinski definition) is 1. The van der Waals surface area contributed by atoms with Crippen molar-refractivity contribution < 1.29 is 5.11 Å². The first-order chi connectivity index (χ1) is 10.1. The number of phenolic OH excluding ortho intramolecular Hbond substituents is 1. The van der Waals surface area contributed by atoms with E-state index < -0.39 is 0 Å². The third-order valence-electron chi connectivity index (χ3n) is 3.04. The molecule has 0 saturated carbocycles. The summed E-state index contributed by atoms with van der Waals surface area (Å²) in [6.07, 6.45) is 1.55. The molecule has 0 aliphatic heterocycles. The Balaban J connectivity index is 1.99. The second kappa shape index (κ2) is 5.83. The zero-order valence-corrected chi connectivity index (χ0v) is 13.6. The lowest BCUT2D eigenvalue weighted by Crippen LogP contribution is -2.08. The Morgan fingerprint density at radius 1 is 1.24 bits per heavy atom. The minimum Gasteiger partial charge on any atom is -0.507 e. The first kappa shape index (κ1) is 14.0. The molecule has 0 aliphatic rings. The summed E-state index contributed by atoms with van der Waals surface area (Å²) in [7, 11) is 1.96. The van der Waals surface area contributed by atoms with Crippen molar-refractivity contribution in [1.29, 1.82) is 0 Å². The van der Waals surface area contributed by atoms with Gasteiger partial charge in [0.25, 0.3) is 0 Å². The minimum absolute atomic E-state index is 0.179. The summed E-state index contributed by atoms with van der Waals surface area (Å²) in [6, 6.07) is 13.3. The standard InChI is InChI=1S/C15H12BrN3OS/c1-19-12-4-2-3-5-14(12)21-15(19)18-17-9-10-8-11(16)6-7-13(10)20/h2-9,20H,1H3/b17-9+,18-15-. The van der Waals surface area contributed by atoms with Gasteiger partial charge in [-0.25, -0.2) is 0 Å². The number of aromatic nitrogens is 1. The van der Waals surface area contributed by atoms with Gasteiger partial charge in [-0.1, -0.05) is 39.4 Å². The second-order valence-electron chi connectivity index (χ2n) is 4.46. The highest BCUT2D eigenvalue weighted by atomic mass is 79.9. The molecule has 2 aromatic carbocycles. The number of fused-ring (bicyclic) bond motifs is 1. The van der Waals surface area contributed by atoms with Crippen LogP contribution in [0.4, 0.5) is 0 Å². The van der Waals surface area contributed by atoms with Crippen LogP contribution in [-0.2, 0) is 7.05 Å². The summed E-state index contributed by atoms with van der Waals surface area (Å²) in [5.41, 5.74) is 1.75. The molecule has 4 nitrogen and oxygen atoms in total. The number of halogens is 1. The Labute approximate surface area is 133 Å². The van der Waals surface area contributed by atoms with E-state index in [2.05, 4.69) is 38.3 Å². The van der Waals surface area contributed by atoms with E-state index in [1.807, 2.05) is 23.7 Å². The number of para-hydroxylation sites is 1. The average Bonchev–Trinajstić information content (AvgIpc) is 2.80. The van der Waals surface area contributed by atoms with Crippen molar-refractivity contribution in [1.82, 2.24) is 4.57 Å². The molecule has 0 radical (unpaired) electrons. The SMILES string of the molecule is Cn1/c(=N/N=C/c2cc(Br)ccc2O)sc2ccccc21. The van der Waals surface area contributed by atoms with Gasteiger partial charge in [0.15, 0.2) is 0 Å². The Bertz CT molecular complexity index is 895. The zero-order chi connectivity index (χ0) is 14.8. The summed E-state index contributed by atoms with van der Waals surface area (Å²) in [6.45, 7) is 0. The number of thiazole rings is 1. The minimum atomic E-state index is 0.179. The van der Waals surface area contributed by atoms with Crippen molar-refractivity contribution >= 4 is 43.7 Å². The van der Waals surface area contributed by atoms with Gasteiger partial charge in [0.05, 0.1) is 16.4 Å². The Morgan fingerprint density at radius 3 is 2.86 bits per heavy atom. The lowest BCUT2D eigenvalue weighted by molar-refractivity contribution is 0.474. The number of hydrogen-bond acceptors (Lipinski definition) is 4. The van der Waals surface area contributed by atoms with E-state index in [1.165, 1.54) is 4.70 Å². The van der Waals surface area contributed by atoms with Gasteiger partial charge in [-0.3, -0.25) is 0 Å². The Kier molecular flexibility index (Phi) is 3.90. The fraction of sp³-hybridized carbons (Fsp3) is 0.0667. The maximum absolute atomic E-state index is 9.74. The van der Waals surface area contributed by atoms with Crippen LogP contribution < -0.4 is 4.80 Å². The number of phenols is 1. The molecule has 3 rings (SSSR count). The molecular formula is C15H12BrN3OS. The molecule has 6 heteroatoms. The van der Waals surface area contributed by atoms with Crippen LogP contribution in [0.25, 0.3) is 10.2 Å². The quantitative estimate of drug-likeness (QED) is 0.549. The number of rotatable bonds is 2. The zero-order valence-electron chi connectivity index (χ0n) is 11.2. The fourth-order valence-electron chi connectivity index (χ4n) is 1.95. The van der Waals surface area contributed by atoms with Gasteiger partial charge in [-0.2, -0.15) is 5.10 Å². The van der Waals surface area contributed by atoms with E-state index >= 15 is 0 Å². The lowest BCUT2D eigenvalue weighted by atomic mass is 10.2. The van der Waals surface area contributed by atoms with E-state index in [0.29, 0.717) is 5.56 Å². The summed E-state index contributed by atoms with van der Waals surface area (Å²) in [5, 5.41) is 18.1. The van der Waals surface area contributed by atoms with Crippen molar-refractivity contribution in [2.75, 3.05) is 0 Å². The molecule has 0 unspecified atom stereocenters. The average molecular weight is 362 g/mol. The van der Waals surface area contributed by atoms with Gasteiger partial charge in [0.2, 0.25) is 4.80 Å². The van der Waals surface area contributed by atoms with Crippen LogP contribution in [0.5, 0.6) is 5.75 Å². The summed E-state index contributed by atoms with van der Waals surface area (Å²) >= 11 is 4.94. The van der Waals surface area contributed by atoms with E-state index in [4.69, 9.17) is 0 Å². The highest BCUT2D eigenvalue weighted by molar-refractivity contribution is 9.10. The molecule has 0 aliphatic carbocycles. The third kappa shape index (κ3) is 2.91. The first-order valence-corrected chi connectivity index (χ1v) is 7.86. The highest BCUT2D eigenvalue weighted by Crippen LogP contribution is 2.20. The van der Waals surface area contributed by atoms with E-state index in [-0.39, 0.29) is 5.75 Å². The van der Waals surface area contributed by atoms with Gasteiger partial charge in [0.1, 0.15) is 5.75 Å². The fourth-order valence-corrected chi connectivity index (χ4v) is 3.30.